The summed E-state index contributed by atoms with van der Waals surface area (Å²) >= 11 is 13.5. The minimum absolute atomic E-state index is 0.541. The van der Waals surface area contributed by atoms with Crippen LogP contribution < -0.4 is 0 Å². The van der Waals surface area contributed by atoms with Crippen molar-refractivity contribution in [2.75, 3.05) is 6.26 Å². The van der Waals surface area contributed by atoms with E-state index in [9.17, 15) is 0 Å². The number of halogens is 2. The fourth-order valence-electron chi connectivity index (χ4n) is 1.47. The normalized spacial score (nSPS) is 11.1. The lowest BCUT2D eigenvalue weighted by atomic mass is 10.2. The van der Waals surface area contributed by atoms with E-state index in [1.807, 2.05) is 36.6 Å². The van der Waals surface area contributed by atoms with Crippen LogP contribution in [0.5, 0.6) is 0 Å². The van der Waals surface area contributed by atoms with Crippen LogP contribution in [0.25, 0.3) is 0 Å². The third-order valence-electron chi connectivity index (χ3n) is 2.38. The molecule has 0 aliphatic carbocycles. The average Bonchev–Trinajstić information content (AvgIpc) is 2.40. The highest BCUT2D eigenvalue weighted by Crippen LogP contribution is 2.27. The molecular weight excluding hydrogens is 285 g/mol. The molecule has 0 heterocycles. The zero-order valence-electron chi connectivity index (χ0n) is 9.73. The molecule has 0 fully saturated rings. The number of nitrogens with zero attached hydrogens (tertiary/aromatic N) is 1. The van der Waals surface area contributed by atoms with Crippen LogP contribution >= 0.6 is 35.0 Å². The zero-order chi connectivity index (χ0) is 13.0. The van der Waals surface area contributed by atoms with Gasteiger partial charge < -0.3 is 0 Å². The summed E-state index contributed by atoms with van der Waals surface area (Å²) in [6.45, 7) is 0. The molecule has 0 amide bonds. The van der Waals surface area contributed by atoms with Gasteiger partial charge >= 0.3 is 0 Å². The second-order valence-electron chi connectivity index (χ2n) is 3.60. The molecule has 2 aromatic carbocycles. The molecule has 92 valence electrons. The van der Waals surface area contributed by atoms with Gasteiger partial charge in [0, 0.05) is 11.1 Å². The number of thioether (sulfide) groups is 1. The first kappa shape index (κ1) is 13.5. The predicted molar refractivity (Wildman–Crippen MR) is 81.9 cm³/mol. The molecule has 0 aliphatic heterocycles. The fraction of sp³-hybridized carbons (Fsp3) is 0.0714. The molecule has 0 unspecified atom stereocenters. The topological polar surface area (TPSA) is 12.4 Å². The van der Waals surface area contributed by atoms with Crippen LogP contribution in [0.2, 0.25) is 10.0 Å². The monoisotopic (exact) mass is 295 g/mol. The molecule has 0 N–H and O–H groups in total. The number of benzene rings is 2. The van der Waals surface area contributed by atoms with E-state index in [4.69, 9.17) is 23.2 Å². The summed E-state index contributed by atoms with van der Waals surface area (Å²) in [6.07, 6.45) is 3.82. The molecule has 0 aromatic heterocycles. The van der Waals surface area contributed by atoms with E-state index in [-0.39, 0.29) is 0 Å². The first-order valence-electron chi connectivity index (χ1n) is 5.33. The van der Waals surface area contributed by atoms with Crippen molar-refractivity contribution in [3.05, 3.63) is 58.1 Å². The summed E-state index contributed by atoms with van der Waals surface area (Å²) in [6, 6.07) is 13.5. The van der Waals surface area contributed by atoms with E-state index < -0.39 is 0 Å². The van der Waals surface area contributed by atoms with Gasteiger partial charge in [0.05, 0.1) is 15.7 Å². The molecule has 0 saturated carbocycles. The largest absolute Gasteiger partial charge is 0.255 e. The quantitative estimate of drug-likeness (QED) is 0.540. The molecule has 2 rings (SSSR count). The van der Waals surface area contributed by atoms with Crippen LogP contribution in [0, 0.1) is 0 Å². The third kappa shape index (κ3) is 3.29. The number of hydrogen-bond acceptors (Lipinski definition) is 2. The Kier molecular flexibility index (Phi) is 4.70. The first-order valence-corrected chi connectivity index (χ1v) is 7.31. The maximum atomic E-state index is 5.96. The highest BCUT2D eigenvalue weighted by Gasteiger charge is 1.99. The number of para-hydroxylation sites is 1. The minimum Gasteiger partial charge on any atom is -0.255 e. The maximum absolute atomic E-state index is 5.96. The van der Waals surface area contributed by atoms with Crippen molar-refractivity contribution >= 4 is 46.9 Å². The Morgan fingerprint density at radius 1 is 1.06 bits per heavy atom. The molecule has 0 bridgehead atoms. The standard InChI is InChI=1S/C14H11Cl2NS/c1-18-14-5-3-2-4-13(14)17-9-10-6-7-11(15)12(16)8-10/h2-9H,1H3. The van der Waals surface area contributed by atoms with Gasteiger partial charge in [0.2, 0.25) is 0 Å². The van der Waals surface area contributed by atoms with Crippen molar-refractivity contribution in [1.82, 2.24) is 0 Å². The second-order valence-corrected chi connectivity index (χ2v) is 5.27. The van der Waals surface area contributed by atoms with E-state index >= 15 is 0 Å². The molecule has 18 heavy (non-hydrogen) atoms. The van der Waals surface area contributed by atoms with Crippen LogP contribution in [-0.2, 0) is 0 Å². The molecule has 0 aliphatic rings. The van der Waals surface area contributed by atoms with Crippen molar-refractivity contribution in [2.24, 2.45) is 4.99 Å². The maximum Gasteiger partial charge on any atom is 0.0765 e. The highest BCUT2D eigenvalue weighted by molar-refractivity contribution is 7.98. The Labute approximate surface area is 121 Å². The van der Waals surface area contributed by atoms with Gasteiger partial charge in [-0.2, -0.15) is 0 Å². The summed E-state index contributed by atoms with van der Waals surface area (Å²) in [7, 11) is 0. The van der Waals surface area contributed by atoms with Crippen LogP contribution in [0.3, 0.4) is 0 Å². The molecule has 0 spiro atoms. The van der Waals surface area contributed by atoms with Crippen molar-refractivity contribution in [3.8, 4) is 0 Å². The Hall–Kier alpha value is -0.960. The van der Waals surface area contributed by atoms with E-state index in [0.717, 1.165) is 16.1 Å². The molecule has 0 atom stereocenters. The minimum atomic E-state index is 0.541. The highest BCUT2D eigenvalue weighted by atomic mass is 35.5. The molecule has 2 aromatic rings. The zero-order valence-corrected chi connectivity index (χ0v) is 12.1. The van der Waals surface area contributed by atoms with E-state index in [0.29, 0.717) is 10.0 Å². The van der Waals surface area contributed by atoms with Crippen LogP contribution in [0.15, 0.2) is 52.4 Å². The Morgan fingerprint density at radius 2 is 1.83 bits per heavy atom. The summed E-state index contributed by atoms with van der Waals surface area (Å²) in [5.74, 6) is 0. The van der Waals surface area contributed by atoms with Gasteiger partial charge in [-0.05, 0) is 36.1 Å². The lowest BCUT2D eigenvalue weighted by molar-refractivity contribution is 1.38. The second kappa shape index (κ2) is 6.28. The van der Waals surface area contributed by atoms with Gasteiger partial charge in [-0.25, -0.2) is 0 Å². The summed E-state index contributed by atoms with van der Waals surface area (Å²) in [5.41, 5.74) is 1.89. The van der Waals surface area contributed by atoms with Gasteiger partial charge in [0.1, 0.15) is 0 Å². The van der Waals surface area contributed by atoms with Gasteiger partial charge in [-0.15, -0.1) is 11.8 Å². The van der Waals surface area contributed by atoms with E-state index in [2.05, 4.69) is 4.99 Å². The Balaban J connectivity index is 2.27. The fourth-order valence-corrected chi connectivity index (χ4v) is 2.32. The van der Waals surface area contributed by atoms with Crippen LogP contribution in [-0.4, -0.2) is 12.5 Å². The molecule has 0 radical (unpaired) electrons. The summed E-state index contributed by atoms with van der Waals surface area (Å²) in [5, 5.41) is 1.09. The smallest absolute Gasteiger partial charge is 0.0765 e. The van der Waals surface area contributed by atoms with Crippen molar-refractivity contribution in [1.29, 1.82) is 0 Å². The van der Waals surface area contributed by atoms with Crippen molar-refractivity contribution in [2.45, 2.75) is 4.90 Å². The average molecular weight is 296 g/mol. The number of hydrogen-bond donors (Lipinski definition) is 0. The van der Waals surface area contributed by atoms with Gasteiger partial charge in [0.15, 0.2) is 0 Å². The van der Waals surface area contributed by atoms with Crippen molar-refractivity contribution < 1.29 is 0 Å². The summed E-state index contributed by atoms with van der Waals surface area (Å²) in [4.78, 5) is 5.62. The van der Waals surface area contributed by atoms with Crippen LogP contribution in [0.1, 0.15) is 5.56 Å². The molecule has 0 saturated heterocycles. The number of aliphatic imine (C=N–C) groups is 1. The van der Waals surface area contributed by atoms with Crippen molar-refractivity contribution in [3.63, 3.8) is 0 Å². The molecular formula is C14H11Cl2NS. The van der Waals surface area contributed by atoms with Crippen LogP contribution in [0.4, 0.5) is 5.69 Å². The first-order chi connectivity index (χ1) is 8.70. The van der Waals surface area contributed by atoms with E-state index in [1.54, 1.807) is 30.1 Å². The third-order valence-corrected chi connectivity index (χ3v) is 3.91. The molecule has 4 heteroatoms. The van der Waals surface area contributed by atoms with Gasteiger partial charge in [-0.1, -0.05) is 41.4 Å². The van der Waals surface area contributed by atoms with Gasteiger partial charge in [0.25, 0.3) is 0 Å². The van der Waals surface area contributed by atoms with E-state index in [1.165, 1.54) is 0 Å². The predicted octanol–water partition coefficient (Wildman–Crippen LogP) is 5.47. The summed E-state index contributed by atoms with van der Waals surface area (Å²) < 4.78 is 0. The van der Waals surface area contributed by atoms with Gasteiger partial charge in [-0.3, -0.25) is 4.99 Å². The lowest BCUT2D eigenvalue weighted by Crippen LogP contribution is -1.81. The Morgan fingerprint density at radius 3 is 2.56 bits per heavy atom. The number of rotatable bonds is 3. The lowest BCUT2D eigenvalue weighted by Gasteiger charge is -2.01. The Bertz CT molecular complexity index is 582. The molecule has 1 nitrogen and oxygen atoms in total. The SMILES string of the molecule is CSc1ccccc1N=Cc1ccc(Cl)c(Cl)c1.